The van der Waals surface area contributed by atoms with Gasteiger partial charge in [-0.25, -0.2) is 0 Å². The fraction of sp³-hybridized carbons (Fsp3) is 0. The molecule has 0 aliphatic rings. The van der Waals surface area contributed by atoms with Gasteiger partial charge in [-0.3, -0.25) is 4.98 Å². The lowest BCUT2D eigenvalue weighted by molar-refractivity contribution is 0.617. The predicted molar refractivity (Wildman–Crippen MR) is 64.5 cm³/mol. The molecule has 0 bridgehead atoms. The van der Waals surface area contributed by atoms with E-state index in [9.17, 15) is 0 Å². The summed E-state index contributed by atoms with van der Waals surface area (Å²) in [4.78, 5) is 4.00. The largest absolute Gasteiger partial charge is 0.464 e. The second-order valence-corrected chi connectivity index (χ2v) is 3.96. The lowest BCUT2D eigenvalue weighted by atomic mass is 10.1. The van der Waals surface area contributed by atoms with Gasteiger partial charge in [0.2, 0.25) is 0 Å². The first-order chi connectivity index (χ1) is 7.84. The van der Waals surface area contributed by atoms with E-state index in [1.807, 2.05) is 30.3 Å². The third-order valence-electron chi connectivity index (χ3n) is 2.53. The third-order valence-corrected chi connectivity index (χ3v) is 2.76. The molecule has 2 heterocycles. The van der Waals surface area contributed by atoms with Crippen molar-refractivity contribution in [1.29, 1.82) is 0 Å². The minimum Gasteiger partial charge on any atom is -0.464 e. The van der Waals surface area contributed by atoms with Gasteiger partial charge in [-0.1, -0.05) is 11.6 Å². The Morgan fingerprint density at radius 2 is 1.88 bits per heavy atom. The van der Waals surface area contributed by atoms with Gasteiger partial charge in [-0.2, -0.15) is 0 Å². The van der Waals surface area contributed by atoms with E-state index in [1.54, 1.807) is 18.7 Å². The van der Waals surface area contributed by atoms with Crippen molar-refractivity contribution >= 4 is 22.6 Å². The van der Waals surface area contributed by atoms with E-state index in [-0.39, 0.29) is 0 Å². The molecule has 0 N–H and O–H groups in total. The molecule has 2 nitrogen and oxygen atoms in total. The SMILES string of the molecule is Clc1ccc2occ(-c3ccncc3)c2c1. The number of halogens is 1. The van der Waals surface area contributed by atoms with Crippen molar-refractivity contribution in [1.82, 2.24) is 4.98 Å². The highest BCUT2D eigenvalue weighted by atomic mass is 35.5. The Balaban J connectivity index is 2.29. The van der Waals surface area contributed by atoms with Crippen molar-refractivity contribution in [3.63, 3.8) is 0 Å². The summed E-state index contributed by atoms with van der Waals surface area (Å²) in [7, 11) is 0. The van der Waals surface area contributed by atoms with Gasteiger partial charge in [0.15, 0.2) is 0 Å². The molecule has 0 aliphatic heterocycles. The number of rotatable bonds is 1. The Bertz CT molecular complexity index is 631. The van der Waals surface area contributed by atoms with Gasteiger partial charge in [0.05, 0.1) is 6.26 Å². The van der Waals surface area contributed by atoms with Crippen molar-refractivity contribution in [2.75, 3.05) is 0 Å². The topological polar surface area (TPSA) is 26.0 Å². The first kappa shape index (κ1) is 9.43. The molecule has 78 valence electrons. The average Bonchev–Trinajstić information content (AvgIpc) is 2.73. The Kier molecular flexibility index (Phi) is 2.15. The zero-order chi connectivity index (χ0) is 11.0. The molecule has 0 saturated carbocycles. The zero-order valence-corrected chi connectivity index (χ0v) is 9.11. The summed E-state index contributed by atoms with van der Waals surface area (Å²) < 4.78 is 5.48. The lowest BCUT2D eigenvalue weighted by Crippen LogP contribution is -1.76. The van der Waals surface area contributed by atoms with Gasteiger partial charge in [-0.05, 0) is 35.9 Å². The molecule has 0 atom stereocenters. The van der Waals surface area contributed by atoms with Crippen LogP contribution in [0.3, 0.4) is 0 Å². The van der Waals surface area contributed by atoms with Crippen LogP contribution in [0.5, 0.6) is 0 Å². The summed E-state index contributed by atoms with van der Waals surface area (Å²) in [5.41, 5.74) is 2.96. The minimum atomic E-state index is 0.712. The van der Waals surface area contributed by atoms with Crippen LogP contribution in [0, 0.1) is 0 Å². The molecule has 0 aliphatic carbocycles. The summed E-state index contributed by atoms with van der Waals surface area (Å²) in [6, 6.07) is 9.51. The average molecular weight is 230 g/mol. The highest BCUT2D eigenvalue weighted by Gasteiger charge is 2.07. The van der Waals surface area contributed by atoms with E-state index in [2.05, 4.69) is 4.98 Å². The fourth-order valence-electron chi connectivity index (χ4n) is 1.76. The number of fused-ring (bicyclic) bond motifs is 1. The van der Waals surface area contributed by atoms with Crippen molar-refractivity contribution in [3.8, 4) is 11.1 Å². The quantitative estimate of drug-likeness (QED) is 0.627. The normalized spacial score (nSPS) is 10.8. The van der Waals surface area contributed by atoms with Gasteiger partial charge in [-0.15, -0.1) is 0 Å². The second kappa shape index (κ2) is 3.65. The molecule has 0 amide bonds. The van der Waals surface area contributed by atoms with Gasteiger partial charge in [0.25, 0.3) is 0 Å². The number of benzene rings is 1. The van der Waals surface area contributed by atoms with Crippen LogP contribution in [0.15, 0.2) is 53.4 Å². The third kappa shape index (κ3) is 1.48. The van der Waals surface area contributed by atoms with Crippen LogP contribution < -0.4 is 0 Å². The molecule has 16 heavy (non-hydrogen) atoms. The van der Waals surface area contributed by atoms with Crippen LogP contribution in [0.4, 0.5) is 0 Å². The standard InChI is InChI=1S/C13H8ClNO/c14-10-1-2-13-11(7-10)12(8-16-13)9-3-5-15-6-4-9/h1-8H. The van der Waals surface area contributed by atoms with Crippen LogP contribution >= 0.6 is 11.6 Å². The van der Waals surface area contributed by atoms with E-state index in [1.165, 1.54) is 0 Å². The van der Waals surface area contributed by atoms with Gasteiger partial charge in [0.1, 0.15) is 5.58 Å². The van der Waals surface area contributed by atoms with E-state index in [0.29, 0.717) is 5.02 Å². The summed E-state index contributed by atoms with van der Waals surface area (Å²) in [6.07, 6.45) is 5.27. The number of pyridine rings is 1. The second-order valence-electron chi connectivity index (χ2n) is 3.53. The van der Waals surface area contributed by atoms with Crippen LogP contribution in [-0.4, -0.2) is 4.98 Å². The van der Waals surface area contributed by atoms with Crippen LogP contribution in [0.1, 0.15) is 0 Å². The van der Waals surface area contributed by atoms with Crippen LogP contribution in [0.25, 0.3) is 22.1 Å². The molecular weight excluding hydrogens is 222 g/mol. The first-order valence-corrected chi connectivity index (χ1v) is 5.29. The Morgan fingerprint density at radius 1 is 1.06 bits per heavy atom. The zero-order valence-electron chi connectivity index (χ0n) is 8.35. The summed E-state index contributed by atoms with van der Waals surface area (Å²) >= 11 is 5.98. The van der Waals surface area contributed by atoms with Gasteiger partial charge >= 0.3 is 0 Å². The number of aromatic nitrogens is 1. The molecule has 3 rings (SSSR count). The molecule has 2 aromatic heterocycles. The maximum atomic E-state index is 5.98. The van der Waals surface area contributed by atoms with Crippen molar-refractivity contribution in [3.05, 3.63) is 54.0 Å². The molecule has 3 aromatic rings. The van der Waals surface area contributed by atoms with Gasteiger partial charge < -0.3 is 4.42 Å². The van der Waals surface area contributed by atoms with E-state index >= 15 is 0 Å². The summed E-state index contributed by atoms with van der Waals surface area (Å²) in [5.74, 6) is 0. The monoisotopic (exact) mass is 229 g/mol. The van der Waals surface area contributed by atoms with E-state index in [0.717, 1.165) is 22.1 Å². The molecule has 0 spiro atoms. The highest BCUT2D eigenvalue weighted by molar-refractivity contribution is 6.31. The Labute approximate surface area is 97.5 Å². The Hall–Kier alpha value is -1.80. The Morgan fingerprint density at radius 3 is 2.69 bits per heavy atom. The van der Waals surface area contributed by atoms with Crippen molar-refractivity contribution < 1.29 is 4.42 Å². The molecule has 0 saturated heterocycles. The molecule has 0 fully saturated rings. The maximum Gasteiger partial charge on any atom is 0.134 e. The molecule has 0 radical (unpaired) electrons. The molecule has 1 aromatic carbocycles. The van der Waals surface area contributed by atoms with Gasteiger partial charge in [0, 0.05) is 28.4 Å². The first-order valence-electron chi connectivity index (χ1n) is 4.92. The summed E-state index contributed by atoms with van der Waals surface area (Å²) in [5, 5.41) is 1.74. The minimum absolute atomic E-state index is 0.712. The summed E-state index contributed by atoms with van der Waals surface area (Å²) in [6.45, 7) is 0. The van der Waals surface area contributed by atoms with Crippen LogP contribution in [-0.2, 0) is 0 Å². The van der Waals surface area contributed by atoms with Crippen LogP contribution in [0.2, 0.25) is 5.02 Å². The number of nitrogens with zero attached hydrogens (tertiary/aromatic N) is 1. The van der Waals surface area contributed by atoms with Crippen molar-refractivity contribution in [2.45, 2.75) is 0 Å². The van der Waals surface area contributed by atoms with E-state index < -0.39 is 0 Å². The molecular formula is C13H8ClNO. The highest BCUT2D eigenvalue weighted by Crippen LogP contribution is 2.31. The number of hydrogen-bond donors (Lipinski definition) is 0. The smallest absolute Gasteiger partial charge is 0.134 e. The van der Waals surface area contributed by atoms with E-state index in [4.69, 9.17) is 16.0 Å². The number of furan rings is 1. The number of hydrogen-bond acceptors (Lipinski definition) is 2. The predicted octanol–water partition coefficient (Wildman–Crippen LogP) is 4.15. The molecule has 0 unspecified atom stereocenters. The maximum absolute atomic E-state index is 5.98. The lowest BCUT2D eigenvalue weighted by Gasteiger charge is -1.97. The van der Waals surface area contributed by atoms with Crippen molar-refractivity contribution in [2.24, 2.45) is 0 Å². The molecule has 3 heteroatoms. The fourth-order valence-corrected chi connectivity index (χ4v) is 1.93.